The van der Waals surface area contributed by atoms with Crippen molar-refractivity contribution in [1.29, 1.82) is 0 Å². The van der Waals surface area contributed by atoms with Gasteiger partial charge in [0.1, 0.15) is 5.82 Å². The predicted octanol–water partition coefficient (Wildman–Crippen LogP) is 1.99. The molecule has 1 amide bonds. The number of benzene rings is 1. The van der Waals surface area contributed by atoms with E-state index in [1.54, 1.807) is 0 Å². The minimum absolute atomic E-state index is 0.00973. The van der Waals surface area contributed by atoms with Gasteiger partial charge in [-0.05, 0) is 38.8 Å². The van der Waals surface area contributed by atoms with Crippen molar-refractivity contribution in [1.82, 2.24) is 14.9 Å². The number of amides is 1. The van der Waals surface area contributed by atoms with Gasteiger partial charge in [0.15, 0.2) is 0 Å². The van der Waals surface area contributed by atoms with Crippen molar-refractivity contribution in [2.45, 2.75) is 39.3 Å². The molecular weight excluding hydrogens is 304 g/mol. The molecule has 0 saturated carbocycles. The number of aryl methyl sites for hydroxylation is 1. The molecule has 0 aliphatic carbocycles. The monoisotopic (exact) mass is 330 g/mol. The molecule has 3 N–H and O–H groups in total. The highest BCUT2D eigenvalue weighted by atomic mass is 16.5. The van der Waals surface area contributed by atoms with Gasteiger partial charge in [-0.2, -0.15) is 0 Å². The number of nitrogens with one attached hydrogen (secondary N) is 1. The molecule has 1 aliphatic rings. The van der Waals surface area contributed by atoms with Crippen molar-refractivity contribution in [2.24, 2.45) is 11.1 Å². The molecule has 130 valence electrons. The average Bonchev–Trinajstić information content (AvgIpc) is 3.01. The summed E-state index contributed by atoms with van der Waals surface area (Å²) in [4.78, 5) is 17.6. The highest BCUT2D eigenvalue weighted by Gasteiger charge is 2.39. The maximum atomic E-state index is 12.9. The third-order valence-electron chi connectivity index (χ3n) is 5.06. The molecule has 0 radical (unpaired) electrons. The van der Waals surface area contributed by atoms with Gasteiger partial charge in [-0.25, -0.2) is 4.98 Å². The molecule has 1 aromatic carbocycles. The zero-order chi connectivity index (χ0) is 17.2. The predicted molar refractivity (Wildman–Crippen MR) is 93.5 cm³/mol. The molecule has 1 aliphatic heterocycles. The normalized spacial score (nSPS) is 18.5. The van der Waals surface area contributed by atoms with Crippen LogP contribution in [-0.2, 0) is 16.1 Å². The fourth-order valence-corrected chi connectivity index (χ4v) is 3.46. The molecule has 1 atom stereocenters. The number of hydrogen-bond acceptors (Lipinski definition) is 4. The largest absolute Gasteiger partial charge is 0.381 e. The molecule has 0 bridgehead atoms. The average molecular weight is 330 g/mol. The molecule has 6 heteroatoms. The standard InChI is InChI=1S/C18H26N4O2/c1-3-22-15-7-5-4-6-14(15)21-16(22)13(2)20-17(23)18(12-19)8-10-24-11-9-18/h4-7,13H,3,8-12,19H2,1-2H3,(H,20,23). The van der Waals surface area contributed by atoms with E-state index in [9.17, 15) is 4.79 Å². The van der Waals surface area contributed by atoms with Gasteiger partial charge < -0.3 is 20.4 Å². The number of ether oxygens (including phenoxy) is 1. The first-order valence-corrected chi connectivity index (χ1v) is 8.65. The number of carbonyl (C=O) groups excluding carboxylic acids is 1. The van der Waals surface area contributed by atoms with Gasteiger partial charge in [0.25, 0.3) is 0 Å². The van der Waals surface area contributed by atoms with Crippen molar-refractivity contribution in [3.8, 4) is 0 Å². The summed E-state index contributed by atoms with van der Waals surface area (Å²) in [5.74, 6) is 0.891. The fourth-order valence-electron chi connectivity index (χ4n) is 3.46. The van der Waals surface area contributed by atoms with Crippen LogP contribution in [0.5, 0.6) is 0 Å². The van der Waals surface area contributed by atoms with Crippen LogP contribution in [-0.4, -0.2) is 35.2 Å². The van der Waals surface area contributed by atoms with Gasteiger partial charge >= 0.3 is 0 Å². The van der Waals surface area contributed by atoms with Crippen molar-refractivity contribution in [3.05, 3.63) is 30.1 Å². The number of hydrogen-bond donors (Lipinski definition) is 2. The van der Waals surface area contributed by atoms with E-state index >= 15 is 0 Å². The van der Waals surface area contributed by atoms with Crippen LogP contribution in [0.1, 0.15) is 38.6 Å². The van der Waals surface area contributed by atoms with E-state index in [-0.39, 0.29) is 11.9 Å². The molecular formula is C18H26N4O2. The van der Waals surface area contributed by atoms with Crippen LogP contribution in [0.15, 0.2) is 24.3 Å². The molecule has 3 rings (SSSR count). The van der Waals surface area contributed by atoms with Crippen LogP contribution >= 0.6 is 0 Å². The lowest BCUT2D eigenvalue weighted by Gasteiger charge is -2.35. The Bertz CT molecular complexity index is 719. The summed E-state index contributed by atoms with van der Waals surface area (Å²) in [6.07, 6.45) is 1.35. The SMILES string of the molecule is CCn1c(C(C)NC(=O)C2(CN)CCOCC2)nc2ccccc21. The van der Waals surface area contributed by atoms with Crippen molar-refractivity contribution < 1.29 is 9.53 Å². The van der Waals surface area contributed by atoms with E-state index in [0.717, 1.165) is 23.4 Å². The second kappa shape index (κ2) is 6.91. The molecule has 1 unspecified atom stereocenters. The molecule has 0 spiro atoms. The van der Waals surface area contributed by atoms with Crippen LogP contribution in [0.25, 0.3) is 11.0 Å². The Morgan fingerprint density at radius 1 is 1.42 bits per heavy atom. The summed E-state index contributed by atoms with van der Waals surface area (Å²) in [6.45, 7) is 6.41. The molecule has 6 nitrogen and oxygen atoms in total. The smallest absolute Gasteiger partial charge is 0.228 e. The van der Waals surface area contributed by atoms with E-state index in [1.165, 1.54) is 0 Å². The van der Waals surface area contributed by atoms with E-state index in [0.29, 0.717) is 32.6 Å². The second-order valence-electron chi connectivity index (χ2n) is 6.49. The minimum Gasteiger partial charge on any atom is -0.381 e. The topological polar surface area (TPSA) is 82.2 Å². The van der Waals surface area contributed by atoms with E-state index < -0.39 is 5.41 Å². The highest BCUT2D eigenvalue weighted by molar-refractivity contribution is 5.83. The molecule has 1 fully saturated rings. The van der Waals surface area contributed by atoms with Crippen LogP contribution in [0, 0.1) is 5.41 Å². The Kier molecular flexibility index (Phi) is 4.87. The number of nitrogens with two attached hydrogens (primary N) is 1. The van der Waals surface area contributed by atoms with Gasteiger partial charge in [-0.15, -0.1) is 0 Å². The van der Waals surface area contributed by atoms with Crippen LogP contribution in [0.2, 0.25) is 0 Å². The molecule has 1 saturated heterocycles. The minimum atomic E-state index is -0.518. The molecule has 1 aromatic heterocycles. The maximum Gasteiger partial charge on any atom is 0.228 e. The van der Waals surface area contributed by atoms with E-state index in [1.807, 2.05) is 25.1 Å². The Balaban J connectivity index is 1.84. The molecule has 2 heterocycles. The third-order valence-corrected chi connectivity index (χ3v) is 5.06. The summed E-state index contributed by atoms with van der Waals surface area (Å²) in [5.41, 5.74) is 7.46. The van der Waals surface area contributed by atoms with Gasteiger partial charge in [0, 0.05) is 26.3 Å². The maximum absolute atomic E-state index is 12.9. The number of rotatable bonds is 5. The third kappa shape index (κ3) is 2.91. The number of aromatic nitrogens is 2. The zero-order valence-corrected chi connectivity index (χ0v) is 14.4. The fraction of sp³-hybridized carbons (Fsp3) is 0.556. The summed E-state index contributed by atoms with van der Waals surface area (Å²) in [7, 11) is 0. The van der Waals surface area contributed by atoms with Gasteiger partial charge in [-0.1, -0.05) is 12.1 Å². The van der Waals surface area contributed by atoms with E-state index in [2.05, 4.69) is 22.9 Å². The lowest BCUT2D eigenvalue weighted by atomic mass is 9.79. The first-order valence-electron chi connectivity index (χ1n) is 8.65. The quantitative estimate of drug-likeness (QED) is 0.878. The first kappa shape index (κ1) is 16.9. The highest BCUT2D eigenvalue weighted by Crippen LogP contribution is 2.31. The first-order chi connectivity index (χ1) is 11.6. The second-order valence-corrected chi connectivity index (χ2v) is 6.49. The van der Waals surface area contributed by atoms with Crippen LogP contribution < -0.4 is 11.1 Å². The summed E-state index contributed by atoms with van der Waals surface area (Å²) in [5, 5.41) is 3.14. The lowest BCUT2D eigenvalue weighted by Crippen LogP contribution is -2.49. The van der Waals surface area contributed by atoms with Crippen molar-refractivity contribution >= 4 is 16.9 Å². The Morgan fingerprint density at radius 2 is 2.12 bits per heavy atom. The Morgan fingerprint density at radius 3 is 2.79 bits per heavy atom. The van der Waals surface area contributed by atoms with Crippen LogP contribution in [0.3, 0.4) is 0 Å². The zero-order valence-electron chi connectivity index (χ0n) is 14.4. The summed E-state index contributed by atoms with van der Waals surface area (Å²) in [6, 6.07) is 7.88. The van der Waals surface area contributed by atoms with Gasteiger partial charge in [0.05, 0.1) is 22.5 Å². The van der Waals surface area contributed by atoms with Gasteiger partial charge in [-0.3, -0.25) is 4.79 Å². The Labute approximate surface area is 142 Å². The molecule has 2 aromatic rings. The van der Waals surface area contributed by atoms with Crippen molar-refractivity contribution in [2.75, 3.05) is 19.8 Å². The molecule has 24 heavy (non-hydrogen) atoms. The van der Waals surface area contributed by atoms with Crippen molar-refractivity contribution in [3.63, 3.8) is 0 Å². The number of nitrogens with zero attached hydrogens (tertiary/aromatic N) is 2. The lowest BCUT2D eigenvalue weighted by molar-refractivity contribution is -0.136. The number of para-hydroxylation sites is 2. The Hall–Kier alpha value is -1.92. The van der Waals surface area contributed by atoms with Crippen LogP contribution in [0.4, 0.5) is 0 Å². The van der Waals surface area contributed by atoms with E-state index in [4.69, 9.17) is 15.5 Å². The summed E-state index contributed by atoms with van der Waals surface area (Å²) < 4.78 is 7.54. The number of carbonyl (C=O) groups is 1. The number of imidazole rings is 1. The number of fused-ring (bicyclic) bond motifs is 1. The summed E-state index contributed by atoms with van der Waals surface area (Å²) >= 11 is 0. The van der Waals surface area contributed by atoms with Gasteiger partial charge in [0.2, 0.25) is 5.91 Å².